The van der Waals surface area contributed by atoms with Crippen LogP contribution in [-0.2, 0) is 10.1 Å². The van der Waals surface area contributed by atoms with Gasteiger partial charge in [-0.1, -0.05) is 0 Å². The first-order chi connectivity index (χ1) is 5.05. The molecule has 1 aromatic heterocycles. The summed E-state index contributed by atoms with van der Waals surface area (Å²) in [5.41, 5.74) is -0.187. The summed E-state index contributed by atoms with van der Waals surface area (Å²) in [7, 11) is -4.33. The number of furan rings is 1. The van der Waals surface area contributed by atoms with Crippen molar-refractivity contribution in [3.63, 3.8) is 0 Å². The predicted molar refractivity (Wildman–Crippen MR) is 33.9 cm³/mol. The summed E-state index contributed by atoms with van der Waals surface area (Å²) in [4.78, 5) is 9.59. The quantitative estimate of drug-likeness (QED) is 0.518. The Labute approximate surface area is 62.4 Å². The van der Waals surface area contributed by atoms with E-state index in [9.17, 15) is 13.2 Å². The molecule has 6 heteroatoms. The van der Waals surface area contributed by atoms with E-state index in [-0.39, 0.29) is 11.8 Å². The fourth-order valence-electron chi connectivity index (χ4n) is 0.591. The molecule has 0 aliphatic rings. The van der Waals surface area contributed by atoms with Gasteiger partial charge in [0.1, 0.15) is 17.4 Å². The van der Waals surface area contributed by atoms with Crippen LogP contribution in [0, 0.1) is 0 Å². The third-order valence-corrected chi connectivity index (χ3v) is 1.95. The van der Waals surface area contributed by atoms with Crippen molar-refractivity contribution in [1.29, 1.82) is 0 Å². The van der Waals surface area contributed by atoms with Crippen LogP contribution in [0.15, 0.2) is 21.8 Å². The predicted octanol–water partition coefficient (Wildman–Crippen LogP) is 0.339. The monoisotopic (exact) mass is 176 g/mol. The van der Waals surface area contributed by atoms with Gasteiger partial charge in [0.15, 0.2) is 6.29 Å². The number of hydrogen-bond acceptors (Lipinski definition) is 4. The van der Waals surface area contributed by atoms with Gasteiger partial charge in [0.2, 0.25) is 0 Å². The molecule has 60 valence electrons. The second kappa shape index (κ2) is 2.48. The molecule has 5 nitrogen and oxygen atoms in total. The van der Waals surface area contributed by atoms with Crippen LogP contribution < -0.4 is 0 Å². The van der Waals surface area contributed by atoms with Gasteiger partial charge >= 0.3 is 0 Å². The Balaban J connectivity index is 3.35. The Morgan fingerprint density at radius 3 is 2.45 bits per heavy atom. The van der Waals surface area contributed by atoms with E-state index in [1.54, 1.807) is 0 Å². The molecule has 1 N–H and O–H groups in total. The zero-order valence-corrected chi connectivity index (χ0v) is 6.04. The van der Waals surface area contributed by atoms with Crippen LogP contribution in [-0.4, -0.2) is 19.3 Å². The number of rotatable bonds is 2. The van der Waals surface area contributed by atoms with Gasteiger partial charge in [-0.3, -0.25) is 9.35 Å². The summed E-state index contributed by atoms with van der Waals surface area (Å²) < 4.78 is 33.7. The largest absolute Gasteiger partial charge is 0.470 e. The molecule has 0 aromatic carbocycles. The summed E-state index contributed by atoms with van der Waals surface area (Å²) in [6.45, 7) is 0. The highest BCUT2D eigenvalue weighted by Gasteiger charge is 2.16. The third kappa shape index (κ3) is 1.47. The zero-order chi connectivity index (χ0) is 8.48. The molecule has 0 spiro atoms. The average molecular weight is 176 g/mol. The van der Waals surface area contributed by atoms with Crippen molar-refractivity contribution < 1.29 is 22.2 Å². The molecule has 0 aliphatic heterocycles. The van der Waals surface area contributed by atoms with E-state index in [0.717, 1.165) is 12.5 Å². The van der Waals surface area contributed by atoms with Crippen molar-refractivity contribution in [3.8, 4) is 0 Å². The molecule has 0 unspecified atom stereocenters. The molecule has 0 amide bonds. The lowest BCUT2D eigenvalue weighted by Gasteiger charge is -1.88. The summed E-state index contributed by atoms with van der Waals surface area (Å²) in [6.07, 6.45) is 2.02. The number of aldehydes is 1. The smallest absolute Gasteiger partial charge is 0.298 e. The first-order valence-corrected chi connectivity index (χ1v) is 3.98. The summed E-state index contributed by atoms with van der Waals surface area (Å²) in [6, 6.07) is 0. The Hall–Kier alpha value is -1.14. The van der Waals surface area contributed by atoms with E-state index in [1.807, 2.05) is 0 Å². The van der Waals surface area contributed by atoms with Gasteiger partial charge in [-0.05, 0) is 0 Å². The summed E-state index contributed by atoms with van der Waals surface area (Å²) in [5.74, 6) is 0. The minimum absolute atomic E-state index is 0.187. The van der Waals surface area contributed by atoms with Crippen molar-refractivity contribution in [3.05, 3.63) is 18.1 Å². The Kier molecular flexibility index (Phi) is 1.79. The number of hydrogen-bond donors (Lipinski definition) is 1. The van der Waals surface area contributed by atoms with Crippen LogP contribution in [0.5, 0.6) is 0 Å². The fourth-order valence-corrected chi connectivity index (χ4v) is 1.16. The topological polar surface area (TPSA) is 84.6 Å². The average Bonchev–Trinajstić information content (AvgIpc) is 2.31. The molecular weight excluding hydrogens is 172 g/mol. The molecule has 11 heavy (non-hydrogen) atoms. The molecular formula is C5H4O5S. The molecule has 1 aromatic rings. The lowest BCUT2D eigenvalue weighted by molar-refractivity contribution is 0.112. The van der Waals surface area contributed by atoms with Crippen LogP contribution in [0.25, 0.3) is 0 Å². The third-order valence-electron chi connectivity index (χ3n) is 1.06. The normalized spacial score (nSPS) is 11.4. The van der Waals surface area contributed by atoms with Crippen LogP contribution >= 0.6 is 0 Å². The highest BCUT2D eigenvalue weighted by Crippen LogP contribution is 2.13. The lowest BCUT2D eigenvalue weighted by atomic mass is 10.4. The lowest BCUT2D eigenvalue weighted by Crippen LogP contribution is -1.98. The van der Waals surface area contributed by atoms with E-state index in [2.05, 4.69) is 4.42 Å². The van der Waals surface area contributed by atoms with Gasteiger partial charge in [0.05, 0.1) is 5.56 Å². The van der Waals surface area contributed by atoms with Gasteiger partial charge in [0.25, 0.3) is 10.1 Å². The number of carbonyl (C=O) groups is 1. The zero-order valence-electron chi connectivity index (χ0n) is 5.22. The Morgan fingerprint density at radius 1 is 1.45 bits per heavy atom. The highest BCUT2D eigenvalue weighted by atomic mass is 32.2. The molecule has 0 saturated heterocycles. The Bertz CT molecular complexity index is 360. The first-order valence-electron chi connectivity index (χ1n) is 2.54. The minimum atomic E-state index is -4.33. The van der Waals surface area contributed by atoms with Crippen LogP contribution in [0.4, 0.5) is 0 Å². The van der Waals surface area contributed by atoms with Crippen LogP contribution in [0.3, 0.4) is 0 Å². The van der Waals surface area contributed by atoms with E-state index < -0.39 is 15.0 Å². The van der Waals surface area contributed by atoms with Gasteiger partial charge in [-0.15, -0.1) is 0 Å². The van der Waals surface area contributed by atoms with Crippen LogP contribution in [0.2, 0.25) is 0 Å². The maximum atomic E-state index is 10.4. The van der Waals surface area contributed by atoms with E-state index >= 15 is 0 Å². The maximum absolute atomic E-state index is 10.4. The second-order valence-corrected chi connectivity index (χ2v) is 3.17. The van der Waals surface area contributed by atoms with Gasteiger partial charge in [0, 0.05) is 0 Å². The highest BCUT2D eigenvalue weighted by molar-refractivity contribution is 7.86. The molecule has 1 rings (SSSR count). The van der Waals surface area contributed by atoms with Crippen molar-refractivity contribution in [1.82, 2.24) is 0 Å². The maximum Gasteiger partial charge on any atom is 0.298 e. The SMILES string of the molecule is O=Cc1cocc1S(=O)(=O)O. The summed E-state index contributed by atoms with van der Waals surface area (Å²) in [5, 5.41) is 0. The molecule has 0 atom stereocenters. The molecule has 0 bridgehead atoms. The van der Waals surface area contributed by atoms with Crippen molar-refractivity contribution in [2.75, 3.05) is 0 Å². The fraction of sp³-hybridized carbons (Fsp3) is 0. The van der Waals surface area contributed by atoms with Crippen molar-refractivity contribution in [2.24, 2.45) is 0 Å². The van der Waals surface area contributed by atoms with E-state index in [4.69, 9.17) is 4.55 Å². The molecule has 0 radical (unpaired) electrons. The van der Waals surface area contributed by atoms with Gasteiger partial charge < -0.3 is 4.42 Å². The molecule has 1 heterocycles. The van der Waals surface area contributed by atoms with E-state index in [0.29, 0.717) is 0 Å². The Morgan fingerprint density at radius 2 is 2.09 bits per heavy atom. The number of carbonyl (C=O) groups excluding carboxylic acids is 1. The second-order valence-electron chi connectivity index (χ2n) is 1.78. The van der Waals surface area contributed by atoms with Crippen molar-refractivity contribution >= 4 is 16.4 Å². The van der Waals surface area contributed by atoms with E-state index in [1.165, 1.54) is 0 Å². The summed E-state index contributed by atoms with van der Waals surface area (Å²) >= 11 is 0. The van der Waals surface area contributed by atoms with Gasteiger partial charge in [-0.2, -0.15) is 8.42 Å². The standard InChI is InChI=1S/C5H4O5S/c6-1-4-2-10-3-5(4)11(7,8)9/h1-3H,(H,7,8,9). The molecule has 0 saturated carbocycles. The minimum Gasteiger partial charge on any atom is -0.470 e. The van der Waals surface area contributed by atoms with Crippen LogP contribution in [0.1, 0.15) is 10.4 Å². The molecule has 0 aliphatic carbocycles. The molecule has 0 fully saturated rings. The first kappa shape index (κ1) is 7.96. The van der Waals surface area contributed by atoms with Gasteiger partial charge in [-0.25, -0.2) is 0 Å². The van der Waals surface area contributed by atoms with Crippen molar-refractivity contribution in [2.45, 2.75) is 4.90 Å².